The number of carboxylic acid groups (broad SMARTS) is 1. The van der Waals surface area contributed by atoms with Gasteiger partial charge in [0, 0.05) is 29.6 Å². The third kappa shape index (κ3) is 4.54. The van der Waals surface area contributed by atoms with Crippen LogP contribution in [0, 0.1) is 0 Å². The molecular weight excluding hydrogens is 169 g/mol. The fourth-order valence-electron chi connectivity index (χ4n) is 0.412. The molecule has 0 aliphatic heterocycles. The maximum atomic E-state index is 10.6. The molecule has 0 spiro atoms. The van der Waals surface area contributed by atoms with Gasteiger partial charge in [-0.05, 0) is 19.9 Å². The minimum atomic E-state index is -1.23. The number of carbonyl (C=O) groups is 2. The van der Waals surface area contributed by atoms with Crippen LogP contribution in [0.2, 0.25) is 0 Å². The van der Waals surface area contributed by atoms with Gasteiger partial charge in [0.25, 0.3) is 0 Å². The van der Waals surface area contributed by atoms with Gasteiger partial charge in [-0.25, -0.2) is 4.79 Å². The van der Waals surface area contributed by atoms with Gasteiger partial charge >= 0.3 is 5.97 Å². The average molecular weight is 180 g/mol. The zero-order chi connectivity index (χ0) is 9.07. The Balaban J connectivity index is 0. The summed E-state index contributed by atoms with van der Waals surface area (Å²) in [6.07, 6.45) is 1.03. The molecule has 63 valence electrons. The van der Waals surface area contributed by atoms with E-state index in [4.69, 9.17) is 5.11 Å². The molecule has 2 N–H and O–H groups in total. The number of rotatable bonds is 3. The number of carbonyl (C=O) groups excluding carboxylic acids is 1. The first-order valence-corrected chi connectivity index (χ1v) is 3.08. The molecular formula is C7H11NNaO3. The van der Waals surface area contributed by atoms with Crippen LogP contribution in [0.15, 0.2) is 12.7 Å². The fourth-order valence-corrected chi connectivity index (χ4v) is 0.412. The molecule has 0 heterocycles. The quantitative estimate of drug-likeness (QED) is 0.465. The Morgan fingerprint density at radius 3 is 2.17 bits per heavy atom. The van der Waals surface area contributed by atoms with Crippen LogP contribution in [0.1, 0.15) is 13.8 Å². The summed E-state index contributed by atoms with van der Waals surface area (Å²) >= 11 is 0. The number of hydrogen-bond acceptors (Lipinski definition) is 2. The van der Waals surface area contributed by atoms with Crippen molar-refractivity contribution in [2.24, 2.45) is 0 Å². The van der Waals surface area contributed by atoms with Crippen LogP contribution < -0.4 is 5.32 Å². The monoisotopic (exact) mass is 180 g/mol. The summed E-state index contributed by atoms with van der Waals surface area (Å²) in [7, 11) is 0. The molecule has 1 amide bonds. The van der Waals surface area contributed by atoms with Gasteiger partial charge in [-0.3, -0.25) is 4.79 Å². The summed E-state index contributed by atoms with van der Waals surface area (Å²) in [5.41, 5.74) is -1.23. The van der Waals surface area contributed by atoms with Crippen LogP contribution in [-0.2, 0) is 9.59 Å². The minimum absolute atomic E-state index is 0. The number of aliphatic carboxylic acids is 1. The predicted octanol–water partition coefficient (Wildman–Crippen LogP) is -0.229. The molecule has 0 aromatic carbocycles. The summed E-state index contributed by atoms with van der Waals surface area (Å²) < 4.78 is 0. The van der Waals surface area contributed by atoms with Crippen molar-refractivity contribution in [1.82, 2.24) is 5.32 Å². The van der Waals surface area contributed by atoms with Crippen LogP contribution >= 0.6 is 0 Å². The number of carboxylic acids is 1. The smallest absolute Gasteiger partial charge is 0.328 e. The largest absolute Gasteiger partial charge is 0.480 e. The molecule has 0 aliphatic rings. The number of hydrogen-bond donors (Lipinski definition) is 2. The predicted molar refractivity (Wildman–Crippen MR) is 45.8 cm³/mol. The Labute approximate surface area is 93.3 Å². The molecule has 5 heteroatoms. The van der Waals surface area contributed by atoms with Crippen molar-refractivity contribution in [3.63, 3.8) is 0 Å². The topological polar surface area (TPSA) is 66.4 Å². The van der Waals surface area contributed by atoms with Gasteiger partial charge in [0.15, 0.2) is 0 Å². The second-order valence-corrected chi connectivity index (χ2v) is 2.62. The van der Waals surface area contributed by atoms with Crippen LogP contribution in [0.25, 0.3) is 0 Å². The maximum absolute atomic E-state index is 10.6. The molecule has 1 radical (unpaired) electrons. The molecule has 0 fully saturated rings. The molecule has 4 nitrogen and oxygen atoms in total. The van der Waals surface area contributed by atoms with Gasteiger partial charge in [0.05, 0.1) is 0 Å². The van der Waals surface area contributed by atoms with Crippen molar-refractivity contribution in [3.05, 3.63) is 12.7 Å². The van der Waals surface area contributed by atoms with Crippen LogP contribution in [0.4, 0.5) is 0 Å². The van der Waals surface area contributed by atoms with E-state index < -0.39 is 17.4 Å². The summed E-state index contributed by atoms with van der Waals surface area (Å²) in [4.78, 5) is 21.1. The van der Waals surface area contributed by atoms with Gasteiger partial charge in [0.1, 0.15) is 5.54 Å². The van der Waals surface area contributed by atoms with E-state index in [9.17, 15) is 9.59 Å². The minimum Gasteiger partial charge on any atom is -0.480 e. The van der Waals surface area contributed by atoms with Gasteiger partial charge < -0.3 is 10.4 Å². The molecule has 0 saturated carbocycles. The molecule has 0 saturated heterocycles. The van der Waals surface area contributed by atoms with E-state index in [2.05, 4.69) is 11.9 Å². The Hall–Kier alpha value is -0.320. The molecule has 0 aromatic rings. The van der Waals surface area contributed by atoms with Gasteiger partial charge in [-0.1, -0.05) is 6.58 Å². The molecule has 0 atom stereocenters. The van der Waals surface area contributed by atoms with Crippen molar-refractivity contribution >= 4 is 41.4 Å². The van der Waals surface area contributed by atoms with E-state index in [0.29, 0.717) is 0 Å². The number of nitrogens with one attached hydrogen (secondary N) is 1. The second kappa shape index (κ2) is 5.35. The van der Waals surface area contributed by atoms with Crippen molar-refractivity contribution in [2.75, 3.05) is 0 Å². The standard InChI is InChI=1S/C7H11NO3.Na/c1-4-5(9)8-7(2,3)6(10)11;/h4H,1H2,2-3H3,(H,8,9)(H,10,11);. The molecule has 0 rings (SSSR count). The van der Waals surface area contributed by atoms with Gasteiger partial charge in [-0.15, -0.1) is 0 Å². The maximum Gasteiger partial charge on any atom is 0.328 e. The summed E-state index contributed by atoms with van der Waals surface area (Å²) in [5, 5.41) is 10.8. The van der Waals surface area contributed by atoms with E-state index in [-0.39, 0.29) is 29.6 Å². The zero-order valence-electron chi connectivity index (χ0n) is 7.55. The summed E-state index contributed by atoms with van der Waals surface area (Å²) in [6, 6.07) is 0. The van der Waals surface area contributed by atoms with E-state index in [0.717, 1.165) is 6.08 Å². The Morgan fingerprint density at radius 2 is 1.92 bits per heavy atom. The van der Waals surface area contributed by atoms with E-state index in [1.165, 1.54) is 13.8 Å². The fraction of sp³-hybridized carbons (Fsp3) is 0.429. The van der Waals surface area contributed by atoms with Crippen molar-refractivity contribution < 1.29 is 14.7 Å². The first kappa shape index (κ1) is 14.2. The molecule has 0 unspecified atom stereocenters. The average Bonchev–Trinajstić information content (AvgIpc) is 1.86. The van der Waals surface area contributed by atoms with E-state index >= 15 is 0 Å². The Morgan fingerprint density at radius 1 is 1.50 bits per heavy atom. The van der Waals surface area contributed by atoms with Crippen LogP contribution in [0.3, 0.4) is 0 Å². The number of amides is 1. The third-order valence-corrected chi connectivity index (χ3v) is 1.16. The summed E-state index contributed by atoms with van der Waals surface area (Å²) in [5.74, 6) is -1.56. The van der Waals surface area contributed by atoms with Crippen molar-refractivity contribution in [2.45, 2.75) is 19.4 Å². The van der Waals surface area contributed by atoms with E-state index in [1.807, 2.05) is 0 Å². The first-order valence-electron chi connectivity index (χ1n) is 3.08. The Kier molecular flexibility index (Phi) is 6.34. The molecule has 0 aliphatic carbocycles. The van der Waals surface area contributed by atoms with Crippen LogP contribution in [-0.4, -0.2) is 52.1 Å². The van der Waals surface area contributed by atoms with Crippen molar-refractivity contribution in [1.29, 1.82) is 0 Å². The SMILES string of the molecule is C=CC(=O)NC(C)(C)C(=O)O.[Na]. The molecule has 0 aromatic heterocycles. The third-order valence-electron chi connectivity index (χ3n) is 1.16. The normalized spacial score (nSPS) is 9.50. The molecule has 12 heavy (non-hydrogen) atoms. The molecule has 0 bridgehead atoms. The van der Waals surface area contributed by atoms with Gasteiger partial charge in [0.2, 0.25) is 5.91 Å². The van der Waals surface area contributed by atoms with Crippen LogP contribution in [0.5, 0.6) is 0 Å². The van der Waals surface area contributed by atoms with Crippen molar-refractivity contribution in [3.8, 4) is 0 Å². The zero-order valence-corrected chi connectivity index (χ0v) is 9.55. The first-order chi connectivity index (χ1) is 4.90. The Bertz CT molecular complexity index is 201. The van der Waals surface area contributed by atoms with Gasteiger partial charge in [-0.2, -0.15) is 0 Å². The van der Waals surface area contributed by atoms with E-state index in [1.54, 1.807) is 0 Å². The summed E-state index contributed by atoms with van der Waals surface area (Å²) in [6.45, 7) is 6.00. The second-order valence-electron chi connectivity index (χ2n) is 2.62.